The smallest absolute Gasteiger partial charge is 0.238 e. The van der Waals surface area contributed by atoms with Crippen LogP contribution in [0.15, 0.2) is 24.3 Å². The number of nitrogens with zero attached hydrogens (tertiary/aromatic N) is 1. The topological polar surface area (TPSA) is 61.8 Å². The summed E-state index contributed by atoms with van der Waals surface area (Å²) in [6.07, 6.45) is -0.512. The van der Waals surface area contributed by atoms with E-state index in [1.165, 1.54) is 0 Å². The Labute approximate surface area is 119 Å². The minimum absolute atomic E-state index is 0.0726. The molecule has 0 bridgehead atoms. The summed E-state index contributed by atoms with van der Waals surface area (Å²) >= 11 is 0. The number of carbonyl (C=O) groups is 1. The largest absolute Gasteiger partial charge is 0.389 e. The summed E-state index contributed by atoms with van der Waals surface area (Å²) in [4.78, 5) is 14.0. The van der Waals surface area contributed by atoms with E-state index in [4.69, 9.17) is 4.74 Å². The first-order chi connectivity index (χ1) is 9.60. The van der Waals surface area contributed by atoms with E-state index in [-0.39, 0.29) is 18.5 Å². The van der Waals surface area contributed by atoms with Gasteiger partial charge in [-0.2, -0.15) is 0 Å². The second-order valence-electron chi connectivity index (χ2n) is 5.15. The van der Waals surface area contributed by atoms with Crippen molar-refractivity contribution in [3.05, 3.63) is 29.8 Å². The molecule has 0 unspecified atom stereocenters. The summed E-state index contributed by atoms with van der Waals surface area (Å²) in [5, 5.41) is 12.7. The number of ether oxygens (including phenoxy) is 1. The Balaban J connectivity index is 1.92. The number of aryl methyl sites for hydroxylation is 1. The molecule has 20 heavy (non-hydrogen) atoms. The number of amides is 1. The van der Waals surface area contributed by atoms with Crippen LogP contribution in [0.3, 0.4) is 0 Å². The average Bonchev–Trinajstić information content (AvgIpc) is 2.82. The standard InChI is InChI=1S/C15H22N2O3/c1-3-17(13-9-20-10-14(13)18)8-15(19)16-12-6-4-5-11(2)7-12/h4-7,13-14,18H,3,8-10H2,1-2H3,(H,16,19)/t13-,14-/m0/s1. The van der Waals surface area contributed by atoms with Crippen LogP contribution in [0.4, 0.5) is 5.69 Å². The average molecular weight is 278 g/mol. The van der Waals surface area contributed by atoms with Gasteiger partial charge in [-0.3, -0.25) is 9.69 Å². The number of carbonyl (C=O) groups excluding carboxylic acids is 1. The van der Waals surface area contributed by atoms with E-state index in [9.17, 15) is 9.90 Å². The van der Waals surface area contributed by atoms with Gasteiger partial charge in [0.2, 0.25) is 5.91 Å². The summed E-state index contributed by atoms with van der Waals surface area (Å²) in [5.74, 6) is -0.0726. The quantitative estimate of drug-likeness (QED) is 0.844. The van der Waals surface area contributed by atoms with Gasteiger partial charge < -0.3 is 15.2 Å². The molecule has 1 saturated heterocycles. The first-order valence-corrected chi connectivity index (χ1v) is 6.96. The Hall–Kier alpha value is -1.43. The van der Waals surface area contributed by atoms with Gasteiger partial charge in [-0.1, -0.05) is 19.1 Å². The molecule has 5 nitrogen and oxygen atoms in total. The highest BCUT2D eigenvalue weighted by molar-refractivity contribution is 5.92. The van der Waals surface area contributed by atoms with Crippen molar-refractivity contribution in [2.75, 3.05) is 31.6 Å². The maximum absolute atomic E-state index is 12.1. The van der Waals surface area contributed by atoms with Crippen molar-refractivity contribution in [3.63, 3.8) is 0 Å². The summed E-state index contributed by atoms with van der Waals surface area (Å²) in [5.41, 5.74) is 1.91. The Kier molecular flexibility index (Phi) is 5.11. The van der Waals surface area contributed by atoms with Crippen molar-refractivity contribution < 1.29 is 14.6 Å². The first kappa shape index (κ1) is 15.0. The lowest BCUT2D eigenvalue weighted by atomic mass is 10.2. The van der Waals surface area contributed by atoms with Crippen LogP contribution in [-0.2, 0) is 9.53 Å². The molecule has 0 radical (unpaired) electrons. The van der Waals surface area contributed by atoms with E-state index in [2.05, 4.69) is 5.32 Å². The van der Waals surface area contributed by atoms with Gasteiger partial charge >= 0.3 is 0 Å². The number of aliphatic hydroxyl groups excluding tert-OH is 1. The molecule has 0 aromatic heterocycles. The zero-order valence-corrected chi connectivity index (χ0v) is 12.0. The Morgan fingerprint density at radius 2 is 2.30 bits per heavy atom. The van der Waals surface area contributed by atoms with E-state index >= 15 is 0 Å². The Morgan fingerprint density at radius 1 is 1.50 bits per heavy atom. The van der Waals surface area contributed by atoms with E-state index in [1.54, 1.807) is 0 Å². The van der Waals surface area contributed by atoms with Crippen LogP contribution in [-0.4, -0.2) is 54.4 Å². The molecule has 1 aromatic rings. The number of rotatable bonds is 5. The molecule has 1 heterocycles. The summed E-state index contributed by atoms with van der Waals surface area (Å²) in [6.45, 7) is 5.75. The predicted molar refractivity (Wildman–Crippen MR) is 77.7 cm³/mol. The molecule has 1 aliphatic rings. The minimum atomic E-state index is -0.512. The van der Waals surface area contributed by atoms with Crippen molar-refractivity contribution >= 4 is 11.6 Å². The van der Waals surface area contributed by atoms with Gasteiger partial charge in [-0.25, -0.2) is 0 Å². The Bertz CT molecular complexity index is 464. The number of likely N-dealkylation sites (N-methyl/N-ethyl adjacent to an activating group) is 1. The number of nitrogens with one attached hydrogen (secondary N) is 1. The molecule has 2 N–H and O–H groups in total. The fraction of sp³-hybridized carbons (Fsp3) is 0.533. The van der Waals surface area contributed by atoms with Crippen LogP contribution in [0, 0.1) is 6.92 Å². The maximum Gasteiger partial charge on any atom is 0.238 e. The third-order valence-electron chi connectivity index (χ3n) is 3.55. The molecule has 0 saturated carbocycles. The van der Waals surface area contributed by atoms with Crippen molar-refractivity contribution in [1.29, 1.82) is 0 Å². The fourth-order valence-electron chi connectivity index (χ4n) is 2.45. The zero-order chi connectivity index (χ0) is 14.5. The predicted octanol–water partition coefficient (Wildman–Crippen LogP) is 1.02. The van der Waals surface area contributed by atoms with E-state index in [0.717, 1.165) is 11.3 Å². The molecule has 2 atom stereocenters. The number of hydrogen-bond acceptors (Lipinski definition) is 4. The molecule has 1 aromatic carbocycles. The lowest BCUT2D eigenvalue weighted by Gasteiger charge is -2.27. The molecule has 110 valence electrons. The van der Waals surface area contributed by atoms with Crippen LogP contribution in [0.5, 0.6) is 0 Å². The molecule has 5 heteroatoms. The van der Waals surface area contributed by atoms with Crippen LogP contribution >= 0.6 is 0 Å². The number of aliphatic hydroxyl groups is 1. The van der Waals surface area contributed by atoms with Crippen LogP contribution in [0.25, 0.3) is 0 Å². The van der Waals surface area contributed by atoms with Gasteiger partial charge in [0.25, 0.3) is 0 Å². The van der Waals surface area contributed by atoms with Crippen LogP contribution < -0.4 is 5.32 Å². The van der Waals surface area contributed by atoms with E-state index in [1.807, 2.05) is 43.0 Å². The highest BCUT2D eigenvalue weighted by Crippen LogP contribution is 2.14. The lowest BCUT2D eigenvalue weighted by Crippen LogP contribution is -2.46. The third-order valence-corrected chi connectivity index (χ3v) is 3.55. The zero-order valence-electron chi connectivity index (χ0n) is 12.0. The number of anilines is 1. The normalized spacial score (nSPS) is 22.2. The Morgan fingerprint density at radius 3 is 2.90 bits per heavy atom. The van der Waals surface area contributed by atoms with Gasteiger partial charge in [0, 0.05) is 5.69 Å². The molecular weight excluding hydrogens is 256 g/mol. The number of hydrogen-bond donors (Lipinski definition) is 2. The lowest BCUT2D eigenvalue weighted by molar-refractivity contribution is -0.118. The third kappa shape index (κ3) is 3.79. The second-order valence-corrected chi connectivity index (χ2v) is 5.15. The van der Waals surface area contributed by atoms with Gasteiger partial charge in [-0.15, -0.1) is 0 Å². The van der Waals surface area contributed by atoms with Crippen LogP contribution in [0.2, 0.25) is 0 Å². The van der Waals surface area contributed by atoms with Crippen molar-refractivity contribution in [1.82, 2.24) is 4.90 Å². The monoisotopic (exact) mass is 278 g/mol. The highest BCUT2D eigenvalue weighted by atomic mass is 16.5. The number of benzene rings is 1. The summed E-state index contributed by atoms with van der Waals surface area (Å²) < 4.78 is 5.24. The first-order valence-electron chi connectivity index (χ1n) is 6.96. The molecule has 1 aliphatic heterocycles. The fourth-order valence-corrected chi connectivity index (χ4v) is 2.45. The summed E-state index contributed by atoms with van der Waals surface area (Å²) in [7, 11) is 0. The highest BCUT2D eigenvalue weighted by Gasteiger charge is 2.31. The minimum Gasteiger partial charge on any atom is -0.389 e. The van der Waals surface area contributed by atoms with E-state index in [0.29, 0.717) is 19.8 Å². The van der Waals surface area contributed by atoms with Crippen molar-refractivity contribution in [2.24, 2.45) is 0 Å². The maximum atomic E-state index is 12.1. The van der Waals surface area contributed by atoms with Crippen LogP contribution in [0.1, 0.15) is 12.5 Å². The SMILES string of the molecule is CCN(CC(=O)Nc1cccc(C)c1)[C@H]1COC[C@@H]1O. The van der Waals surface area contributed by atoms with Gasteiger partial charge in [0.15, 0.2) is 0 Å². The van der Waals surface area contributed by atoms with Gasteiger partial charge in [-0.05, 0) is 31.2 Å². The van der Waals surface area contributed by atoms with Crippen molar-refractivity contribution in [2.45, 2.75) is 26.0 Å². The molecule has 2 rings (SSSR count). The van der Waals surface area contributed by atoms with E-state index < -0.39 is 6.10 Å². The van der Waals surface area contributed by atoms with Crippen molar-refractivity contribution in [3.8, 4) is 0 Å². The summed E-state index contributed by atoms with van der Waals surface area (Å²) in [6, 6.07) is 7.61. The molecule has 0 aliphatic carbocycles. The van der Waals surface area contributed by atoms with Gasteiger partial charge in [0.1, 0.15) is 0 Å². The second kappa shape index (κ2) is 6.83. The molecule has 1 amide bonds. The molecule has 0 spiro atoms. The molecule has 1 fully saturated rings. The van der Waals surface area contributed by atoms with Gasteiger partial charge in [0.05, 0.1) is 31.9 Å². The molecular formula is C15H22N2O3.